The fraction of sp³-hybridized carbons (Fsp3) is 0.600. The number of hydrogen-bond acceptors (Lipinski definition) is 4. The van der Waals surface area contributed by atoms with Gasteiger partial charge in [-0.1, -0.05) is 12.2 Å². The molecule has 1 aromatic heterocycles. The van der Waals surface area contributed by atoms with Crippen molar-refractivity contribution in [3.05, 3.63) is 18.2 Å². The number of H-pyrrole nitrogens is 1. The summed E-state index contributed by atoms with van der Waals surface area (Å²) in [6.45, 7) is 4.01. The van der Waals surface area contributed by atoms with Gasteiger partial charge in [0, 0.05) is 25.8 Å². The van der Waals surface area contributed by atoms with Gasteiger partial charge in [-0.3, -0.25) is 4.90 Å². The molecule has 0 aromatic carbocycles. The molecule has 0 amide bonds. The zero-order chi connectivity index (χ0) is 11.4. The zero-order valence-corrected chi connectivity index (χ0v) is 9.96. The Hall–Kier alpha value is -0.980. The van der Waals surface area contributed by atoms with Crippen molar-refractivity contribution >= 4 is 17.2 Å². The number of thiocarbonyl (C=S) groups is 1. The minimum Gasteiger partial charge on any atom is -0.392 e. The van der Waals surface area contributed by atoms with Gasteiger partial charge in [-0.2, -0.15) is 0 Å². The molecule has 0 aliphatic carbocycles. The molecule has 2 rings (SSSR count). The number of aromatic nitrogens is 2. The quantitative estimate of drug-likeness (QED) is 0.649. The van der Waals surface area contributed by atoms with Gasteiger partial charge in [0.25, 0.3) is 0 Å². The van der Waals surface area contributed by atoms with Crippen molar-refractivity contribution < 1.29 is 0 Å². The summed E-state index contributed by atoms with van der Waals surface area (Å²) >= 11 is 5.16. The minimum absolute atomic E-state index is 0.0163. The number of imidazole rings is 1. The fourth-order valence-electron chi connectivity index (χ4n) is 2.07. The van der Waals surface area contributed by atoms with Gasteiger partial charge in [-0.15, -0.1) is 0 Å². The van der Waals surface area contributed by atoms with Crippen molar-refractivity contribution in [2.75, 3.05) is 26.2 Å². The second-order valence-corrected chi connectivity index (χ2v) is 4.42. The standard InChI is InChI=1S/C10H17N5S/c11-10(16)9(8-6-13-7-14-8)15-4-1-2-12-3-5-15/h6-7,9,12H,1-5H2,(H2,11,16)(H,13,14). The highest BCUT2D eigenvalue weighted by atomic mass is 32.1. The normalized spacial score (nSPS) is 20.2. The summed E-state index contributed by atoms with van der Waals surface area (Å²) in [5.41, 5.74) is 6.81. The van der Waals surface area contributed by atoms with Crippen LogP contribution >= 0.6 is 12.2 Å². The van der Waals surface area contributed by atoms with Gasteiger partial charge < -0.3 is 16.0 Å². The summed E-state index contributed by atoms with van der Waals surface area (Å²) in [4.78, 5) is 9.93. The molecule has 16 heavy (non-hydrogen) atoms. The predicted molar refractivity (Wildman–Crippen MR) is 67.2 cm³/mol. The molecule has 1 saturated heterocycles. The molecule has 1 aliphatic heterocycles. The van der Waals surface area contributed by atoms with Crippen LogP contribution in [-0.4, -0.2) is 46.0 Å². The molecule has 1 atom stereocenters. The number of rotatable bonds is 3. The van der Waals surface area contributed by atoms with Crippen LogP contribution < -0.4 is 11.1 Å². The number of hydrogen-bond donors (Lipinski definition) is 3. The van der Waals surface area contributed by atoms with Crippen LogP contribution in [-0.2, 0) is 0 Å². The van der Waals surface area contributed by atoms with Crippen molar-refractivity contribution in [2.45, 2.75) is 12.5 Å². The molecule has 88 valence electrons. The number of nitrogens with one attached hydrogen (secondary N) is 2. The SMILES string of the molecule is NC(=S)C(c1cnc[nH]1)N1CCCNCC1. The third-order valence-electron chi connectivity index (χ3n) is 2.82. The van der Waals surface area contributed by atoms with Crippen molar-refractivity contribution in [2.24, 2.45) is 5.73 Å². The van der Waals surface area contributed by atoms with Gasteiger partial charge in [0.1, 0.15) is 6.04 Å². The van der Waals surface area contributed by atoms with E-state index < -0.39 is 0 Å². The molecular formula is C10H17N5S. The Kier molecular flexibility index (Phi) is 3.87. The maximum Gasteiger partial charge on any atom is 0.102 e. The molecule has 0 saturated carbocycles. The second kappa shape index (κ2) is 5.38. The lowest BCUT2D eigenvalue weighted by Crippen LogP contribution is -2.39. The molecule has 1 unspecified atom stereocenters. The van der Waals surface area contributed by atoms with Crippen LogP contribution in [0.4, 0.5) is 0 Å². The number of nitrogens with zero attached hydrogens (tertiary/aromatic N) is 2. The van der Waals surface area contributed by atoms with E-state index in [2.05, 4.69) is 20.2 Å². The highest BCUT2D eigenvalue weighted by molar-refractivity contribution is 7.80. The van der Waals surface area contributed by atoms with Gasteiger partial charge in [-0.25, -0.2) is 4.98 Å². The van der Waals surface area contributed by atoms with E-state index in [1.807, 2.05) is 0 Å². The third kappa shape index (κ3) is 2.58. The zero-order valence-electron chi connectivity index (χ0n) is 9.15. The van der Waals surface area contributed by atoms with Crippen molar-refractivity contribution in [1.82, 2.24) is 20.2 Å². The van der Waals surface area contributed by atoms with Crippen LogP contribution in [0.25, 0.3) is 0 Å². The Morgan fingerprint density at radius 3 is 3.06 bits per heavy atom. The Bertz CT molecular complexity index is 329. The molecule has 2 heterocycles. The van der Waals surface area contributed by atoms with Crippen LogP contribution in [0.2, 0.25) is 0 Å². The first-order valence-corrected chi connectivity index (χ1v) is 5.92. The lowest BCUT2D eigenvalue weighted by molar-refractivity contribution is 0.258. The van der Waals surface area contributed by atoms with Gasteiger partial charge in [0.15, 0.2) is 0 Å². The largest absolute Gasteiger partial charge is 0.392 e. The van der Waals surface area contributed by atoms with Gasteiger partial charge in [-0.05, 0) is 13.0 Å². The van der Waals surface area contributed by atoms with E-state index in [9.17, 15) is 0 Å². The first kappa shape index (κ1) is 11.5. The molecule has 4 N–H and O–H groups in total. The molecule has 0 bridgehead atoms. The van der Waals surface area contributed by atoms with Crippen LogP contribution in [0.15, 0.2) is 12.5 Å². The van der Waals surface area contributed by atoms with E-state index in [0.717, 1.165) is 38.3 Å². The van der Waals surface area contributed by atoms with E-state index in [1.165, 1.54) is 0 Å². The Labute approximate surface area is 100 Å². The number of nitrogens with two attached hydrogens (primary N) is 1. The molecule has 1 aliphatic rings. The van der Waals surface area contributed by atoms with E-state index in [1.54, 1.807) is 12.5 Å². The summed E-state index contributed by atoms with van der Waals surface area (Å²) < 4.78 is 0. The van der Waals surface area contributed by atoms with E-state index >= 15 is 0 Å². The van der Waals surface area contributed by atoms with Crippen molar-refractivity contribution in [3.63, 3.8) is 0 Å². The molecular weight excluding hydrogens is 222 g/mol. The van der Waals surface area contributed by atoms with Crippen molar-refractivity contribution in [1.29, 1.82) is 0 Å². The van der Waals surface area contributed by atoms with Gasteiger partial charge in [0.05, 0.1) is 17.0 Å². The van der Waals surface area contributed by atoms with Crippen LogP contribution in [0, 0.1) is 0 Å². The topological polar surface area (TPSA) is 70.0 Å². The summed E-state index contributed by atoms with van der Waals surface area (Å²) in [5, 5.41) is 3.36. The Morgan fingerprint density at radius 2 is 2.38 bits per heavy atom. The first-order chi connectivity index (χ1) is 7.79. The summed E-state index contributed by atoms with van der Waals surface area (Å²) in [6.07, 6.45) is 4.58. The average Bonchev–Trinajstić information content (AvgIpc) is 2.62. The van der Waals surface area contributed by atoms with Gasteiger partial charge in [0.2, 0.25) is 0 Å². The average molecular weight is 239 g/mol. The van der Waals surface area contributed by atoms with Crippen LogP contribution in [0.1, 0.15) is 18.2 Å². The smallest absolute Gasteiger partial charge is 0.102 e. The summed E-state index contributed by atoms with van der Waals surface area (Å²) in [7, 11) is 0. The maximum absolute atomic E-state index is 5.83. The fourth-order valence-corrected chi connectivity index (χ4v) is 2.35. The third-order valence-corrected chi connectivity index (χ3v) is 3.05. The Balaban J connectivity index is 2.15. The highest BCUT2D eigenvalue weighted by Crippen LogP contribution is 2.19. The first-order valence-electron chi connectivity index (χ1n) is 5.51. The summed E-state index contributed by atoms with van der Waals surface area (Å²) in [5.74, 6) is 0. The maximum atomic E-state index is 5.83. The Morgan fingerprint density at radius 1 is 1.50 bits per heavy atom. The number of aromatic amines is 1. The minimum atomic E-state index is -0.0163. The van der Waals surface area contributed by atoms with E-state index in [0.29, 0.717) is 4.99 Å². The predicted octanol–water partition coefficient (Wildman–Crippen LogP) is 0.0322. The molecule has 0 radical (unpaired) electrons. The van der Waals surface area contributed by atoms with Crippen LogP contribution in [0.5, 0.6) is 0 Å². The van der Waals surface area contributed by atoms with Crippen molar-refractivity contribution in [3.8, 4) is 0 Å². The molecule has 1 fully saturated rings. The van der Waals surface area contributed by atoms with E-state index in [-0.39, 0.29) is 6.04 Å². The lowest BCUT2D eigenvalue weighted by atomic mass is 10.1. The second-order valence-electron chi connectivity index (χ2n) is 3.95. The van der Waals surface area contributed by atoms with Crippen LogP contribution in [0.3, 0.4) is 0 Å². The molecule has 5 nitrogen and oxygen atoms in total. The molecule has 1 aromatic rings. The molecule has 6 heteroatoms. The van der Waals surface area contributed by atoms with Gasteiger partial charge >= 0.3 is 0 Å². The molecule has 0 spiro atoms. The summed E-state index contributed by atoms with van der Waals surface area (Å²) in [6, 6.07) is -0.0163. The highest BCUT2D eigenvalue weighted by Gasteiger charge is 2.24. The monoisotopic (exact) mass is 239 g/mol. The lowest BCUT2D eigenvalue weighted by Gasteiger charge is -2.28. The van der Waals surface area contributed by atoms with E-state index in [4.69, 9.17) is 18.0 Å².